The minimum Gasteiger partial charge on any atom is -0.300 e. The molecule has 0 radical (unpaired) electrons. The molecule has 1 heteroatoms. The summed E-state index contributed by atoms with van der Waals surface area (Å²) in [4.78, 5) is 12.3. The van der Waals surface area contributed by atoms with Crippen molar-refractivity contribution in [3.63, 3.8) is 0 Å². The molecular weight excluding hydrogens is 424 g/mol. The first-order valence-electron chi connectivity index (χ1n) is 15.9. The number of carbonyl (C=O) groups is 1. The summed E-state index contributed by atoms with van der Waals surface area (Å²) in [6.07, 6.45) is 23.3. The van der Waals surface area contributed by atoms with E-state index >= 15 is 0 Å². The molecule has 0 N–H and O–H groups in total. The number of carbonyl (C=O) groups excluding carboxylic acids is 1. The van der Waals surface area contributed by atoms with E-state index in [4.69, 9.17) is 0 Å². The van der Waals surface area contributed by atoms with Crippen LogP contribution in [0.25, 0.3) is 0 Å². The molecule has 0 aromatic rings. The maximum absolute atomic E-state index is 12.3. The highest BCUT2D eigenvalue weighted by Gasteiger charge is 2.59. The van der Waals surface area contributed by atoms with E-state index in [1.165, 1.54) is 70.6 Å². The normalized spacial score (nSPS) is 39.5. The van der Waals surface area contributed by atoms with Crippen LogP contribution in [0, 0.1) is 52.3 Å². The van der Waals surface area contributed by atoms with Gasteiger partial charge in [-0.05, 0) is 116 Å². The van der Waals surface area contributed by atoms with Gasteiger partial charge in [0.05, 0.1) is 0 Å². The minimum absolute atomic E-state index is 0.452. The Balaban J connectivity index is 1.38. The number of rotatable bonds is 11. The minimum atomic E-state index is 0.452. The molecule has 0 saturated heterocycles. The molecule has 0 aromatic heterocycles. The fourth-order valence-electron chi connectivity index (χ4n) is 9.87. The second-order valence-electron chi connectivity index (χ2n) is 14.6. The molecule has 0 aliphatic heterocycles. The molecule has 0 amide bonds. The lowest BCUT2D eigenvalue weighted by Crippen LogP contribution is -2.50. The Bertz CT molecular complexity index is 748. The van der Waals surface area contributed by atoms with Crippen molar-refractivity contribution >= 4 is 5.78 Å². The number of hydrogen-bond donors (Lipinski definition) is 0. The van der Waals surface area contributed by atoms with Gasteiger partial charge >= 0.3 is 0 Å². The molecule has 0 aromatic carbocycles. The number of Topliss-reactive ketones (excluding diaryl/α,β-unsaturated/α-hetero) is 1. The van der Waals surface area contributed by atoms with Crippen LogP contribution in [0.3, 0.4) is 0 Å². The number of ketones is 1. The summed E-state index contributed by atoms with van der Waals surface area (Å²) in [6.45, 7) is 14.9. The Hall–Kier alpha value is -0.590. The third kappa shape index (κ3) is 5.65. The van der Waals surface area contributed by atoms with E-state index in [0.29, 0.717) is 16.6 Å². The Kier molecular flexibility index (Phi) is 8.96. The highest BCUT2D eigenvalue weighted by atomic mass is 16.1. The van der Waals surface area contributed by atoms with Gasteiger partial charge in [0.1, 0.15) is 5.78 Å². The highest BCUT2D eigenvalue weighted by Crippen LogP contribution is 2.67. The zero-order chi connectivity index (χ0) is 25.2. The second kappa shape index (κ2) is 11.4. The number of allylic oxidation sites excluding steroid dienone is 2. The van der Waals surface area contributed by atoms with Crippen molar-refractivity contribution in [1.82, 2.24) is 0 Å². The van der Waals surface area contributed by atoms with Crippen molar-refractivity contribution in [1.29, 1.82) is 0 Å². The summed E-state index contributed by atoms with van der Waals surface area (Å²) in [5.74, 6) is 6.80. The van der Waals surface area contributed by atoms with E-state index in [-0.39, 0.29) is 0 Å². The smallest absolute Gasteiger partial charge is 0.132 e. The predicted molar refractivity (Wildman–Crippen MR) is 150 cm³/mol. The Morgan fingerprint density at radius 2 is 1.77 bits per heavy atom. The van der Waals surface area contributed by atoms with Gasteiger partial charge in [-0.1, -0.05) is 78.9 Å². The molecule has 0 unspecified atom stereocenters. The Morgan fingerprint density at radius 1 is 0.971 bits per heavy atom. The quantitative estimate of drug-likeness (QED) is 0.268. The lowest BCUT2D eigenvalue weighted by Gasteiger charge is -2.58. The van der Waals surface area contributed by atoms with E-state index in [0.717, 1.165) is 73.5 Å². The third-order valence-electron chi connectivity index (χ3n) is 12.0. The maximum atomic E-state index is 12.3. The average Bonchev–Trinajstić information content (AvgIpc) is 3.18. The van der Waals surface area contributed by atoms with Gasteiger partial charge in [0.25, 0.3) is 0 Å². The second-order valence-corrected chi connectivity index (χ2v) is 14.6. The average molecular weight is 483 g/mol. The van der Waals surface area contributed by atoms with E-state index in [1.807, 2.05) is 0 Å². The van der Waals surface area contributed by atoms with Crippen LogP contribution in [0.15, 0.2) is 11.6 Å². The van der Waals surface area contributed by atoms with E-state index in [1.54, 1.807) is 5.57 Å². The summed E-state index contributed by atoms with van der Waals surface area (Å²) >= 11 is 0. The number of fused-ring (bicyclic) bond motifs is 5. The Labute approximate surface area is 218 Å². The van der Waals surface area contributed by atoms with Gasteiger partial charge in [0.2, 0.25) is 0 Å². The van der Waals surface area contributed by atoms with Gasteiger partial charge in [0.15, 0.2) is 0 Å². The van der Waals surface area contributed by atoms with Crippen molar-refractivity contribution < 1.29 is 4.79 Å². The third-order valence-corrected chi connectivity index (χ3v) is 12.0. The van der Waals surface area contributed by atoms with Gasteiger partial charge in [-0.15, -0.1) is 0 Å². The summed E-state index contributed by atoms with van der Waals surface area (Å²) < 4.78 is 0. The van der Waals surface area contributed by atoms with Crippen LogP contribution in [-0.2, 0) is 4.79 Å². The van der Waals surface area contributed by atoms with Crippen LogP contribution >= 0.6 is 0 Å². The molecule has 3 fully saturated rings. The van der Waals surface area contributed by atoms with Crippen molar-refractivity contribution in [3.05, 3.63) is 11.6 Å². The number of unbranched alkanes of at least 4 members (excludes halogenated alkanes) is 1. The van der Waals surface area contributed by atoms with Crippen LogP contribution in [-0.4, -0.2) is 5.78 Å². The molecule has 3 saturated carbocycles. The van der Waals surface area contributed by atoms with Gasteiger partial charge in [-0.3, -0.25) is 4.79 Å². The molecule has 0 spiro atoms. The van der Waals surface area contributed by atoms with Gasteiger partial charge in [-0.2, -0.15) is 0 Å². The van der Waals surface area contributed by atoms with Crippen LogP contribution in [0.1, 0.15) is 144 Å². The first-order chi connectivity index (χ1) is 16.7. The van der Waals surface area contributed by atoms with Crippen molar-refractivity contribution in [2.75, 3.05) is 0 Å². The fraction of sp³-hybridized carbons (Fsp3) is 0.912. The number of hydrogen-bond acceptors (Lipinski definition) is 1. The first kappa shape index (κ1) is 27.4. The molecule has 1 nitrogen and oxygen atoms in total. The van der Waals surface area contributed by atoms with Crippen molar-refractivity contribution in [2.24, 2.45) is 52.3 Å². The zero-order valence-corrected chi connectivity index (χ0v) is 24.3. The largest absolute Gasteiger partial charge is 0.300 e. The van der Waals surface area contributed by atoms with Crippen LogP contribution in [0.4, 0.5) is 0 Å². The van der Waals surface area contributed by atoms with E-state index in [9.17, 15) is 4.79 Å². The SMILES string of the molecule is CCCCC(=O)CC[C@H]1CC[C@@]2(C)C(=CC[C@H]3[C@@H]4CC[C@H]([C@H](C)CCCC(C)C)[C@@]4(C)CC[C@@H]32)C1. The highest BCUT2D eigenvalue weighted by molar-refractivity contribution is 5.78. The van der Waals surface area contributed by atoms with Crippen LogP contribution < -0.4 is 0 Å². The molecule has 4 aliphatic carbocycles. The van der Waals surface area contributed by atoms with Gasteiger partial charge in [-0.25, -0.2) is 0 Å². The lowest BCUT2D eigenvalue weighted by atomic mass is 9.46. The predicted octanol–water partition coefficient (Wildman–Crippen LogP) is 10.2. The van der Waals surface area contributed by atoms with Crippen molar-refractivity contribution in [3.8, 4) is 0 Å². The lowest BCUT2D eigenvalue weighted by molar-refractivity contribution is -0.119. The monoisotopic (exact) mass is 482 g/mol. The Morgan fingerprint density at radius 3 is 2.51 bits per heavy atom. The first-order valence-corrected chi connectivity index (χ1v) is 15.9. The standard InChI is InChI=1S/C34H58O/c1-7-8-12-28(35)15-13-26-19-21-33(5)27(23-26)14-16-29-31-18-17-30(25(4)11-9-10-24(2)3)34(31,6)22-20-32(29)33/h14,24-26,29-32H,7-13,15-23H2,1-6H3/t25-,26+,29+,30-,31+,32+,33+,34-/m1/s1. The summed E-state index contributed by atoms with van der Waals surface area (Å²) in [5.41, 5.74) is 2.85. The molecule has 8 atom stereocenters. The zero-order valence-electron chi connectivity index (χ0n) is 24.3. The molecule has 35 heavy (non-hydrogen) atoms. The summed E-state index contributed by atoms with van der Waals surface area (Å²) in [7, 11) is 0. The van der Waals surface area contributed by atoms with E-state index < -0.39 is 0 Å². The van der Waals surface area contributed by atoms with Crippen LogP contribution in [0.2, 0.25) is 0 Å². The summed E-state index contributed by atoms with van der Waals surface area (Å²) in [6, 6.07) is 0. The van der Waals surface area contributed by atoms with E-state index in [2.05, 4.69) is 47.6 Å². The van der Waals surface area contributed by atoms with Crippen molar-refractivity contribution in [2.45, 2.75) is 144 Å². The molecule has 0 bridgehead atoms. The van der Waals surface area contributed by atoms with Gasteiger partial charge < -0.3 is 0 Å². The van der Waals surface area contributed by atoms with Gasteiger partial charge in [0, 0.05) is 12.8 Å². The topological polar surface area (TPSA) is 17.1 Å². The summed E-state index contributed by atoms with van der Waals surface area (Å²) in [5, 5.41) is 0. The maximum Gasteiger partial charge on any atom is 0.132 e. The fourth-order valence-corrected chi connectivity index (χ4v) is 9.87. The molecular formula is C34H58O. The molecule has 4 aliphatic rings. The molecule has 200 valence electrons. The van der Waals surface area contributed by atoms with Crippen LogP contribution in [0.5, 0.6) is 0 Å². The molecule has 4 rings (SSSR count). The molecule has 0 heterocycles.